The highest BCUT2D eigenvalue weighted by Gasteiger charge is 2.12. The molecule has 3 aromatic rings. The Kier molecular flexibility index (Phi) is 7.45. The molecule has 7 heteroatoms. The van der Waals surface area contributed by atoms with Crippen LogP contribution >= 0.6 is 15.9 Å². The fourth-order valence-corrected chi connectivity index (χ4v) is 2.93. The van der Waals surface area contributed by atoms with E-state index in [2.05, 4.69) is 26.5 Å². The topological polar surface area (TPSA) is 69.2 Å². The molecule has 0 aromatic heterocycles. The van der Waals surface area contributed by atoms with E-state index in [9.17, 15) is 4.79 Å². The Labute approximate surface area is 183 Å². The molecule has 0 atom stereocenters. The number of amides is 1. The van der Waals surface area contributed by atoms with E-state index in [1.54, 1.807) is 31.5 Å². The number of hydrogen-bond donors (Lipinski definition) is 1. The van der Waals surface area contributed by atoms with Gasteiger partial charge < -0.3 is 14.2 Å². The summed E-state index contributed by atoms with van der Waals surface area (Å²) in [7, 11) is 3.04. The summed E-state index contributed by atoms with van der Waals surface area (Å²) >= 11 is 3.42. The van der Waals surface area contributed by atoms with E-state index in [1.165, 1.54) is 7.11 Å². The Morgan fingerprint density at radius 1 is 1.00 bits per heavy atom. The quantitative estimate of drug-likeness (QED) is 0.380. The number of nitrogens with one attached hydrogen (secondary N) is 1. The van der Waals surface area contributed by atoms with Crippen molar-refractivity contribution in [2.24, 2.45) is 5.10 Å². The second-order valence-corrected chi connectivity index (χ2v) is 7.13. The number of hydrazone groups is 1. The third kappa shape index (κ3) is 5.61. The average molecular weight is 469 g/mol. The van der Waals surface area contributed by atoms with E-state index < -0.39 is 0 Å². The van der Waals surface area contributed by atoms with Gasteiger partial charge in [-0.15, -0.1) is 0 Å². The predicted molar refractivity (Wildman–Crippen MR) is 120 cm³/mol. The minimum atomic E-state index is -0.390. The Morgan fingerprint density at radius 2 is 1.77 bits per heavy atom. The second kappa shape index (κ2) is 10.5. The first-order chi connectivity index (χ1) is 14.6. The van der Waals surface area contributed by atoms with Crippen LogP contribution in [0.4, 0.5) is 0 Å². The molecule has 3 aromatic carbocycles. The van der Waals surface area contributed by atoms with Gasteiger partial charge in [-0.1, -0.05) is 40.2 Å². The van der Waals surface area contributed by atoms with Crippen molar-refractivity contribution in [3.8, 4) is 17.2 Å². The number of para-hydroxylation sites is 1. The van der Waals surface area contributed by atoms with Crippen LogP contribution < -0.4 is 19.6 Å². The summed E-state index contributed by atoms with van der Waals surface area (Å²) in [5.41, 5.74) is 4.67. The molecule has 154 valence electrons. The van der Waals surface area contributed by atoms with Crippen LogP contribution in [-0.2, 0) is 6.61 Å². The summed E-state index contributed by atoms with van der Waals surface area (Å²) in [4.78, 5) is 12.5. The summed E-state index contributed by atoms with van der Waals surface area (Å²) in [5, 5.41) is 4.07. The first kappa shape index (κ1) is 21.4. The zero-order valence-electron chi connectivity index (χ0n) is 16.6. The van der Waals surface area contributed by atoms with Gasteiger partial charge >= 0.3 is 0 Å². The van der Waals surface area contributed by atoms with Gasteiger partial charge in [0.05, 0.1) is 26.0 Å². The van der Waals surface area contributed by atoms with Crippen molar-refractivity contribution in [1.29, 1.82) is 0 Å². The van der Waals surface area contributed by atoms with Crippen LogP contribution in [0.25, 0.3) is 0 Å². The lowest BCUT2D eigenvalue weighted by atomic mass is 10.2. The van der Waals surface area contributed by atoms with E-state index in [0.29, 0.717) is 29.4 Å². The standard InChI is InChI=1S/C23H21BrN2O4/c1-28-19-11-12-20(22(13-19)29-2)23(27)26-25-14-17-5-3-4-6-21(17)30-15-16-7-9-18(24)10-8-16/h3-14H,15H2,1-2H3,(H,26,27)/b25-14-. The maximum absolute atomic E-state index is 12.5. The van der Waals surface area contributed by atoms with E-state index in [-0.39, 0.29) is 5.91 Å². The van der Waals surface area contributed by atoms with Crippen LogP contribution in [-0.4, -0.2) is 26.3 Å². The Balaban J connectivity index is 1.66. The SMILES string of the molecule is COc1ccc(C(=O)N/N=C\c2ccccc2OCc2ccc(Br)cc2)c(OC)c1. The molecular weight excluding hydrogens is 448 g/mol. The minimum absolute atomic E-state index is 0.357. The number of ether oxygens (including phenoxy) is 3. The third-order valence-corrected chi connectivity index (χ3v) is 4.78. The van der Waals surface area contributed by atoms with Gasteiger partial charge in [0, 0.05) is 16.1 Å². The lowest BCUT2D eigenvalue weighted by molar-refractivity contribution is 0.0952. The fraction of sp³-hybridized carbons (Fsp3) is 0.130. The number of nitrogens with zero attached hydrogens (tertiary/aromatic N) is 1. The maximum Gasteiger partial charge on any atom is 0.275 e. The van der Waals surface area contributed by atoms with Crippen molar-refractivity contribution < 1.29 is 19.0 Å². The summed E-state index contributed by atoms with van der Waals surface area (Å²) in [6.45, 7) is 0.424. The van der Waals surface area contributed by atoms with Crippen molar-refractivity contribution in [3.63, 3.8) is 0 Å². The van der Waals surface area contributed by atoms with Crippen LogP contribution in [0.2, 0.25) is 0 Å². The van der Waals surface area contributed by atoms with E-state index in [4.69, 9.17) is 14.2 Å². The average Bonchev–Trinajstić information content (AvgIpc) is 2.78. The molecule has 1 amide bonds. The molecule has 0 aliphatic rings. The number of methoxy groups -OCH3 is 2. The molecule has 0 aliphatic carbocycles. The molecule has 0 aliphatic heterocycles. The molecule has 3 rings (SSSR count). The zero-order valence-corrected chi connectivity index (χ0v) is 18.2. The highest BCUT2D eigenvalue weighted by molar-refractivity contribution is 9.10. The van der Waals surface area contributed by atoms with Crippen LogP contribution in [0.3, 0.4) is 0 Å². The Bertz CT molecular complexity index is 1040. The Morgan fingerprint density at radius 3 is 2.50 bits per heavy atom. The number of halogens is 1. The van der Waals surface area contributed by atoms with Crippen LogP contribution in [0.1, 0.15) is 21.5 Å². The number of hydrogen-bond acceptors (Lipinski definition) is 5. The molecule has 0 heterocycles. The first-order valence-electron chi connectivity index (χ1n) is 9.12. The summed E-state index contributed by atoms with van der Waals surface area (Å²) in [5.74, 6) is 1.28. The van der Waals surface area contributed by atoms with Crippen LogP contribution in [0.15, 0.2) is 76.3 Å². The molecule has 0 bridgehead atoms. The monoisotopic (exact) mass is 468 g/mol. The van der Waals surface area contributed by atoms with Gasteiger partial charge in [-0.3, -0.25) is 4.79 Å². The van der Waals surface area contributed by atoms with Gasteiger partial charge in [0.25, 0.3) is 5.91 Å². The normalized spacial score (nSPS) is 10.6. The molecule has 0 fully saturated rings. The third-order valence-electron chi connectivity index (χ3n) is 4.25. The number of rotatable bonds is 8. The highest BCUT2D eigenvalue weighted by atomic mass is 79.9. The lowest BCUT2D eigenvalue weighted by Gasteiger charge is -2.10. The Hall–Kier alpha value is -3.32. The van der Waals surface area contributed by atoms with Crippen LogP contribution in [0, 0.1) is 0 Å². The summed E-state index contributed by atoms with van der Waals surface area (Å²) < 4.78 is 17.3. The molecule has 1 N–H and O–H groups in total. The molecule has 0 unspecified atom stereocenters. The molecule has 0 spiro atoms. The molecule has 0 saturated carbocycles. The second-order valence-electron chi connectivity index (χ2n) is 6.22. The van der Waals surface area contributed by atoms with Crippen molar-refractivity contribution in [2.45, 2.75) is 6.61 Å². The van der Waals surface area contributed by atoms with Gasteiger partial charge in [0.1, 0.15) is 23.9 Å². The molecule has 0 radical (unpaired) electrons. The van der Waals surface area contributed by atoms with Crippen molar-refractivity contribution in [1.82, 2.24) is 5.43 Å². The number of benzene rings is 3. The first-order valence-corrected chi connectivity index (χ1v) is 9.91. The molecule has 6 nitrogen and oxygen atoms in total. The number of carbonyl (C=O) groups excluding carboxylic acids is 1. The molecule has 0 saturated heterocycles. The van der Waals surface area contributed by atoms with Crippen LogP contribution in [0.5, 0.6) is 17.2 Å². The van der Waals surface area contributed by atoms with Crippen molar-refractivity contribution in [2.75, 3.05) is 14.2 Å². The minimum Gasteiger partial charge on any atom is -0.497 e. The van der Waals surface area contributed by atoms with Crippen molar-refractivity contribution in [3.05, 3.63) is 87.9 Å². The zero-order chi connectivity index (χ0) is 21.3. The fourth-order valence-electron chi connectivity index (χ4n) is 2.67. The van der Waals surface area contributed by atoms with Gasteiger partial charge in [-0.2, -0.15) is 5.10 Å². The molecular formula is C23H21BrN2O4. The predicted octanol–water partition coefficient (Wildman–Crippen LogP) is 4.81. The van der Waals surface area contributed by atoms with E-state index >= 15 is 0 Å². The van der Waals surface area contributed by atoms with Gasteiger partial charge in [0.15, 0.2) is 0 Å². The highest BCUT2D eigenvalue weighted by Crippen LogP contribution is 2.24. The smallest absolute Gasteiger partial charge is 0.275 e. The lowest BCUT2D eigenvalue weighted by Crippen LogP contribution is -2.18. The summed E-state index contributed by atoms with van der Waals surface area (Å²) in [6, 6.07) is 20.3. The van der Waals surface area contributed by atoms with Gasteiger partial charge in [-0.05, 0) is 42.0 Å². The largest absolute Gasteiger partial charge is 0.497 e. The van der Waals surface area contributed by atoms with Gasteiger partial charge in [-0.25, -0.2) is 5.43 Å². The maximum atomic E-state index is 12.5. The summed E-state index contributed by atoms with van der Waals surface area (Å²) in [6.07, 6.45) is 1.55. The van der Waals surface area contributed by atoms with E-state index in [0.717, 1.165) is 15.6 Å². The van der Waals surface area contributed by atoms with Gasteiger partial charge in [0.2, 0.25) is 0 Å². The van der Waals surface area contributed by atoms with E-state index in [1.807, 2.05) is 48.5 Å². The molecule has 30 heavy (non-hydrogen) atoms. The number of carbonyl (C=O) groups is 1. The van der Waals surface area contributed by atoms with Crippen molar-refractivity contribution >= 4 is 28.1 Å².